The lowest BCUT2D eigenvalue weighted by Crippen LogP contribution is -2.32. The highest BCUT2D eigenvalue weighted by molar-refractivity contribution is 5.71. The van der Waals surface area contributed by atoms with E-state index in [1.54, 1.807) is 0 Å². The minimum Gasteiger partial charge on any atom is -0.241 e. The third-order valence-electron chi connectivity index (χ3n) is 2.81. The summed E-state index contributed by atoms with van der Waals surface area (Å²) in [5, 5.41) is 0. The Kier molecular flexibility index (Phi) is 2.00. The van der Waals surface area contributed by atoms with Crippen LogP contribution in [0.15, 0.2) is 54.6 Å². The molecule has 0 fully saturated rings. The van der Waals surface area contributed by atoms with Crippen LogP contribution in [-0.2, 0) is 0 Å². The molecule has 2 nitrogen and oxygen atoms in total. The number of hydrogen-bond donors (Lipinski definition) is 1. The van der Waals surface area contributed by atoms with Gasteiger partial charge in [0.15, 0.2) is 11.0 Å². The van der Waals surface area contributed by atoms with Gasteiger partial charge in [0, 0.05) is 6.92 Å². The number of fused-ring (bicyclic) bond motifs is 1. The van der Waals surface area contributed by atoms with Crippen molar-refractivity contribution >= 4 is 11.0 Å². The number of hydrogen-bond acceptors (Lipinski definition) is 0. The van der Waals surface area contributed by atoms with Gasteiger partial charge in [-0.25, -0.2) is 4.98 Å². The second-order valence-electron chi connectivity index (χ2n) is 3.90. The first-order chi connectivity index (χ1) is 7.86. The SMILES string of the molecule is Cc1[nH]c2ccccc2[n+]1-c1ccccc1. The summed E-state index contributed by atoms with van der Waals surface area (Å²) in [6.07, 6.45) is 0. The first kappa shape index (κ1) is 9.16. The molecule has 0 aliphatic heterocycles. The first-order valence-corrected chi connectivity index (χ1v) is 5.41. The predicted octanol–water partition coefficient (Wildman–Crippen LogP) is 2.75. The molecule has 0 bridgehead atoms. The first-order valence-electron chi connectivity index (χ1n) is 5.41. The molecule has 0 spiro atoms. The summed E-state index contributed by atoms with van der Waals surface area (Å²) >= 11 is 0. The molecule has 16 heavy (non-hydrogen) atoms. The molecular formula is C14H13N2+. The molecule has 0 atom stereocenters. The van der Waals surface area contributed by atoms with E-state index in [4.69, 9.17) is 0 Å². The van der Waals surface area contributed by atoms with Crippen molar-refractivity contribution < 1.29 is 4.57 Å². The van der Waals surface area contributed by atoms with Crippen molar-refractivity contribution in [2.24, 2.45) is 0 Å². The third kappa shape index (κ3) is 1.31. The van der Waals surface area contributed by atoms with Crippen molar-refractivity contribution in [1.82, 2.24) is 4.98 Å². The van der Waals surface area contributed by atoms with Crippen LogP contribution in [0, 0.1) is 6.92 Å². The van der Waals surface area contributed by atoms with E-state index in [0.717, 1.165) is 5.82 Å². The van der Waals surface area contributed by atoms with E-state index < -0.39 is 0 Å². The normalized spacial score (nSPS) is 10.8. The van der Waals surface area contributed by atoms with Crippen molar-refractivity contribution in [2.75, 3.05) is 0 Å². The quantitative estimate of drug-likeness (QED) is 0.595. The standard InChI is InChI=1S/C14H12N2/c1-11-15-13-9-5-6-10-14(13)16(11)12-7-3-2-4-8-12/h2-10H,1H3/p+1. The van der Waals surface area contributed by atoms with Gasteiger partial charge < -0.3 is 0 Å². The molecule has 2 aromatic carbocycles. The van der Waals surface area contributed by atoms with E-state index in [9.17, 15) is 0 Å². The molecule has 0 saturated carbocycles. The summed E-state index contributed by atoms with van der Waals surface area (Å²) in [4.78, 5) is 3.39. The van der Waals surface area contributed by atoms with Gasteiger partial charge >= 0.3 is 0 Å². The highest BCUT2D eigenvalue weighted by Gasteiger charge is 2.15. The molecule has 1 aromatic heterocycles. The van der Waals surface area contributed by atoms with Gasteiger partial charge in [0.2, 0.25) is 0 Å². The van der Waals surface area contributed by atoms with Gasteiger partial charge in [-0.2, -0.15) is 4.57 Å². The van der Waals surface area contributed by atoms with Gasteiger partial charge in [-0.05, 0) is 24.3 Å². The molecule has 3 rings (SSSR count). The molecule has 0 aliphatic rings. The highest BCUT2D eigenvalue weighted by Crippen LogP contribution is 2.11. The van der Waals surface area contributed by atoms with E-state index in [-0.39, 0.29) is 0 Å². The fourth-order valence-electron chi connectivity index (χ4n) is 2.12. The smallest absolute Gasteiger partial charge is 0.241 e. The molecule has 1 heterocycles. The van der Waals surface area contributed by atoms with Crippen molar-refractivity contribution in [1.29, 1.82) is 0 Å². The Balaban J connectivity index is 2.35. The molecule has 3 aromatic rings. The molecule has 0 amide bonds. The summed E-state index contributed by atoms with van der Waals surface area (Å²) in [5.41, 5.74) is 3.58. The molecule has 2 heteroatoms. The van der Waals surface area contributed by atoms with E-state index in [1.165, 1.54) is 16.7 Å². The second kappa shape index (κ2) is 3.49. The van der Waals surface area contributed by atoms with Crippen LogP contribution in [0.5, 0.6) is 0 Å². The lowest BCUT2D eigenvalue weighted by atomic mass is 10.3. The number of nitrogens with zero attached hydrogens (tertiary/aromatic N) is 1. The van der Waals surface area contributed by atoms with E-state index in [2.05, 4.69) is 58.9 Å². The van der Waals surface area contributed by atoms with Crippen LogP contribution in [-0.4, -0.2) is 4.98 Å². The number of aromatic nitrogens is 2. The monoisotopic (exact) mass is 209 g/mol. The Morgan fingerprint density at radius 3 is 2.38 bits per heavy atom. The summed E-state index contributed by atoms with van der Waals surface area (Å²) < 4.78 is 2.23. The second-order valence-corrected chi connectivity index (χ2v) is 3.90. The summed E-state index contributed by atoms with van der Waals surface area (Å²) in [6, 6.07) is 18.7. The fourth-order valence-corrected chi connectivity index (χ4v) is 2.12. The lowest BCUT2D eigenvalue weighted by molar-refractivity contribution is -0.574. The van der Waals surface area contributed by atoms with Crippen molar-refractivity contribution in [3.05, 3.63) is 60.4 Å². The molecule has 78 valence electrons. The van der Waals surface area contributed by atoms with Crippen LogP contribution in [0.4, 0.5) is 0 Å². The number of nitrogens with one attached hydrogen (secondary N) is 1. The van der Waals surface area contributed by atoms with E-state index >= 15 is 0 Å². The summed E-state index contributed by atoms with van der Waals surface area (Å²) in [6.45, 7) is 2.09. The number of imidazole rings is 1. The maximum atomic E-state index is 3.39. The Morgan fingerprint density at radius 2 is 1.56 bits per heavy atom. The average Bonchev–Trinajstić information content (AvgIpc) is 2.66. The Morgan fingerprint density at radius 1 is 0.875 bits per heavy atom. The fraction of sp³-hybridized carbons (Fsp3) is 0.0714. The minimum absolute atomic E-state index is 1.15. The Hall–Kier alpha value is -2.09. The lowest BCUT2D eigenvalue weighted by Gasteiger charge is -1.97. The molecule has 0 radical (unpaired) electrons. The molecule has 0 aliphatic carbocycles. The average molecular weight is 209 g/mol. The number of aromatic amines is 1. The molecule has 0 unspecified atom stereocenters. The van der Waals surface area contributed by atoms with Gasteiger partial charge in [0.25, 0.3) is 5.82 Å². The van der Waals surface area contributed by atoms with Gasteiger partial charge in [0.1, 0.15) is 5.69 Å². The van der Waals surface area contributed by atoms with Crippen LogP contribution >= 0.6 is 0 Å². The van der Waals surface area contributed by atoms with Crippen LogP contribution in [0.2, 0.25) is 0 Å². The largest absolute Gasteiger partial charge is 0.257 e. The highest BCUT2D eigenvalue weighted by atomic mass is 15.1. The Labute approximate surface area is 94.2 Å². The minimum atomic E-state index is 1.15. The van der Waals surface area contributed by atoms with Crippen LogP contribution in [0.1, 0.15) is 5.82 Å². The van der Waals surface area contributed by atoms with E-state index in [1.807, 2.05) is 12.1 Å². The summed E-state index contributed by atoms with van der Waals surface area (Å²) in [5.74, 6) is 1.15. The van der Waals surface area contributed by atoms with Crippen molar-refractivity contribution in [3.8, 4) is 5.69 Å². The molecule has 1 N–H and O–H groups in total. The maximum absolute atomic E-state index is 3.39. The van der Waals surface area contributed by atoms with Gasteiger partial charge in [-0.3, -0.25) is 0 Å². The zero-order valence-electron chi connectivity index (χ0n) is 9.14. The zero-order chi connectivity index (χ0) is 11.0. The predicted molar refractivity (Wildman–Crippen MR) is 64.6 cm³/mol. The number of para-hydroxylation sites is 3. The molecule has 0 saturated heterocycles. The number of benzene rings is 2. The maximum Gasteiger partial charge on any atom is 0.257 e. The number of H-pyrrole nitrogens is 1. The third-order valence-corrected chi connectivity index (χ3v) is 2.81. The zero-order valence-corrected chi connectivity index (χ0v) is 9.14. The van der Waals surface area contributed by atoms with Gasteiger partial charge in [-0.15, -0.1) is 0 Å². The van der Waals surface area contributed by atoms with Gasteiger partial charge in [-0.1, -0.05) is 30.3 Å². The van der Waals surface area contributed by atoms with E-state index in [0.29, 0.717) is 0 Å². The van der Waals surface area contributed by atoms with Crippen LogP contribution in [0.25, 0.3) is 16.7 Å². The topological polar surface area (TPSA) is 19.7 Å². The number of rotatable bonds is 1. The molecular weight excluding hydrogens is 196 g/mol. The van der Waals surface area contributed by atoms with Crippen molar-refractivity contribution in [2.45, 2.75) is 6.92 Å². The van der Waals surface area contributed by atoms with Crippen molar-refractivity contribution in [3.63, 3.8) is 0 Å². The summed E-state index contributed by atoms with van der Waals surface area (Å²) in [7, 11) is 0. The van der Waals surface area contributed by atoms with Gasteiger partial charge in [0.05, 0.1) is 0 Å². The van der Waals surface area contributed by atoms with Crippen LogP contribution in [0.3, 0.4) is 0 Å². The Bertz CT molecular complexity index is 624. The number of aryl methyl sites for hydroxylation is 1. The van der Waals surface area contributed by atoms with Crippen LogP contribution < -0.4 is 4.57 Å².